The Morgan fingerprint density at radius 3 is 2.60 bits per heavy atom. The number of ether oxygens (including phenoxy) is 1. The van der Waals surface area contributed by atoms with Crippen molar-refractivity contribution in [3.63, 3.8) is 0 Å². The minimum atomic E-state index is -0.338. The fourth-order valence-electron chi connectivity index (χ4n) is 1.81. The van der Waals surface area contributed by atoms with Crippen LogP contribution in [-0.2, 0) is 16.1 Å². The summed E-state index contributed by atoms with van der Waals surface area (Å²) in [7, 11) is 1.36. The lowest BCUT2D eigenvalue weighted by molar-refractivity contribution is -0.141. The minimum absolute atomic E-state index is 0.0723. The smallest absolute Gasteiger partial charge is 0.327 e. The highest BCUT2D eigenvalue weighted by atomic mass is 32.2. The lowest BCUT2D eigenvalue weighted by Gasteiger charge is -2.03. The monoisotopic (exact) mass is 300 g/mol. The van der Waals surface area contributed by atoms with Crippen LogP contribution in [0.3, 0.4) is 0 Å². The molecule has 1 aromatic rings. The van der Waals surface area contributed by atoms with Gasteiger partial charge in [0.1, 0.15) is 6.54 Å². The summed E-state index contributed by atoms with van der Waals surface area (Å²) < 4.78 is 6.09. The second-order valence-electron chi connectivity index (χ2n) is 4.67. The number of hydrogen-bond donors (Lipinski definition) is 0. The summed E-state index contributed by atoms with van der Waals surface area (Å²) in [5.41, 5.74) is 0. The van der Waals surface area contributed by atoms with Gasteiger partial charge in [-0.05, 0) is 16.8 Å². The Balaban J connectivity index is 2.13. The number of methoxy groups -OCH3 is 1. The molecular formula is C13H24N4O2S. The van der Waals surface area contributed by atoms with Crippen LogP contribution in [0.2, 0.25) is 0 Å². The SMILES string of the molecule is CCCCCCCCCSc1nnnn1CC(=O)OC. The summed E-state index contributed by atoms with van der Waals surface area (Å²) in [6.07, 6.45) is 9.01. The van der Waals surface area contributed by atoms with Gasteiger partial charge in [0.15, 0.2) is 0 Å². The molecule has 0 aliphatic carbocycles. The number of unbranched alkanes of at least 4 members (excludes halogenated alkanes) is 6. The van der Waals surface area contributed by atoms with Crippen molar-refractivity contribution in [2.24, 2.45) is 0 Å². The van der Waals surface area contributed by atoms with Crippen LogP contribution in [0, 0.1) is 0 Å². The first kappa shape index (κ1) is 16.9. The Morgan fingerprint density at radius 1 is 1.20 bits per heavy atom. The van der Waals surface area contributed by atoms with E-state index in [2.05, 4.69) is 27.2 Å². The van der Waals surface area contributed by atoms with E-state index in [1.165, 1.54) is 50.3 Å². The largest absolute Gasteiger partial charge is 0.468 e. The zero-order valence-electron chi connectivity index (χ0n) is 12.4. The molecule has 0 unspecified atom stereocenters. The second kappa shape index (κ2) is 10.7. The third-order valence-corrected chi connectivity index (χ3v) is 4.03. The summed E-state index contributed by atoms with van der Waals surface area (Å²) in [4.78, 5) is 11.2. The van der Waals surface area contributed by atoms with E-state index in [-0.39, 0.29) is 12.5 Å². The number of hydrogen-bond acceptors (Lipinski definition) is 6. The molecule has 0 atom stereocenters. The Labute approximate surface area is 124 Å². The molecule has 114 valence electrons. The quantitative estimate of drug-likeness (QED) is 0.355. The van der Waals surface area contributed by atoms with Crippen molar-refractivity contribution in [2.45, 2.75) is 63.6 Å². The molecule has 0 N–H and O–H groups in total. The lowest BCUT2D eigenvalue weighted by atomic mass is 10.1. The van der Waals surface area contributed by atoms with Gasteiger partial charge in [-0.2, -0.15) is 0 Å². The predicted octanol–water partition coefficient (Wildman–Crippen LogP) is 2.69. The van der Waals surface area contributed by atoms with Crippen molar-refractivity contribution in [2.75, 3.05) is 12.9 Å². The highest BCUT2D eigenvalue weighted by molar-refractivity contribution is 7.99. The van der Waals surface area contributed by atoms with Crippen molar-refractivity contribution in [3.05, 3.63) is 0 Å². The molecule has 0 aliphatic heterocycles. The van der Waals surface area contributed by atoms with E-state index in [9.17, 15) is 4.79 Å². The molecule has 7 heteroatoms. The van der Waals surface area contributed by atoms with Crippen LogP contribution in [0.25, 0.3) is 0 Å². The molecule has 0 saturated heterocycles. The van der Waals surface area contributed by atoms with Gasteiger partial charge in [0.2, 0.25) is 5.16 Å². The molecule has 0 fully saturated rings. The highest BCUT2D eigenvalue weighted by Gasteiger charge is 2.10. The number of rotatable bonds is 11. The Kier molecular flexibility index (Phi) is 9.02. The van der Waals surface area contributed by atoms with Crippen LogP contribution in [0.1, 0.15) is 51.9 Å². The first-order valence-corrected chi connectivity index (χ1v) is 8.22. The van der Waals surface area contributed by atoms with E-state index in [0.717, 1.165) is 12.2 Å². The second-order valence-corrected chi connectivity index (χ2v) is 5.73. The van der Waals surface area contributed by atoms with Crippen molar-refractivity contribution in [3.8, 4) is 0 Å². The maximum Gasteiger partial charge on any atom is 0.327 e. The fourth-order valence-corrected chi connectivity index (χ4v) is 2.68. The zero-order valence-corrected chi connectivity index (χ0v) is 13.2. The van der Waals surface area contributed by atoms with E-state index < -0.39 is 0 Å². The number of carbonyl (C=O) groups is 1. The van der Waals surface area contributed by atoms with Gasteiger partial charge in [-0.3, -0.25) is 4.79 Å². The maximum atomic E-state index is 11.2. The van der Waals surface area contributed by atoms with Crippen LogP contribution in [0.15, 0.2) is 5.16 Å². The normalized spacial score (nSPS) is 10.7. The molecule has 0 radical (unpaired) electrons. The first-order chi connectivity index (χ1) is 9.77. The van der Waals surface area contributed by atoms with Gasteiger partial charge >= 0.3 is 5.97 Å². The maximum absolute atomic E-state index is 11.2. The minimum Gasteiger partial charge on any atom is -0.468 e. The summed E-state index contributed by atoms with van der Waals surface area (Å²) in [6, 6.07) is 0. The van der Waals surface area contributed by atoms with E-state index >= 15 is 0 Å². The molecule has 0 amide bonds. The van der Waals surface area contributed by atoms with Gasteiger partial charge < -0.3 is 4.74 Å². The van der Waals surface area contributed by atoms with Crippen molar-refractivity contribution >= 4 is 17.7 Å². The van der Waals surface area contributed by atoms with Crippen molar-refractivity contribution in [1.82, 2.24) is 20.2 Å². The molecule has 0 saturated carbocycles. The van der Waals surface area contributed by atoms with Crippen LogP contribution in [0.4, 0.5) is 0 Å². The van der Waals surface area contributed by atoms with Crippen LogP contribution >= 0.6 is 11.8 Å². The Bertz CT molecular complexity index is 384. The third-order valence-electron chi connectivity index (χ3n) is 2.98. The summed E-state index contributed by atoms with van der Waals surface area (Å²) >= 11 is 1.59. The van der Waals surface area contributed by atoms with Gasteiger partial charge in [0.25, 0.3) is 0 Å². The Hall–Kier alpha value is -1.11. The molecule has 0 bridgehead atoms. The zero-order chi connectivity index (χ0) is 14.6. The van der Waals surface area contributed by atoms with Gasteiger partial charge in [-0.25, -0.2) is 4.68 Å². The third kappa shape index (κ3) is 6.88. The molecule has 6 nitrogen and oxygen atoms in total. The summed E-state index contributed by atoms with van der Waals surface area (Å²) in [5, 5.41) is 12.0. The number of tetrazole rings is 1. The van der Waals surface area contributed by atoms with Gasteiger partial charge in [-0.15, -0.1) is 5.10 Å². The van der Waals surface area contributed by atoms with Gasteiger partial charge in [0, 0.05) is 5.75 Å². The van der Waals surface area contributed by atoms with Gasteiger partial charge in [-0.1, -0.05) is 57.2 Å². The molecule has 1 aromatic heterocycles. The average molecular weight is 300 g/mol. The van der Waals surface area contributed by atoms with E-state index in [1.54, 1.807) is 11.8 Å². The van der Waals surface area contributed by atoms with Crippen molar-refractivity contribution < 1.29 is 9.53 Å². The first-order valence-electron chi connectivity index (χ1n) is 7.23. The molecule has 1 heterocycles. The number of esters is 1. The van der Waals surface area contributed by atoms with Crippen LogP contribution in [0.5, 0.6) is 0 Å². The molecule has 0 aliphatic rings. The number of aromatic nitrogens is 4. The van der Waals surface area contributed by atoms with Crippen LogP contribution < -0.4 is 0 Å². The molecule has 0 spiro atoms. The highest BCUT2D eigenvalue weighted by Crippen LogP contribution is 2.17. The predicted molar refractivity (Wildman–Crippen MR) is 78.6 cm³/mol. The fraction of sp³-hybridized carbons (Fsp3) is 0.846. The van der Waals surface area contributed by atoms with E-state index in [4.69, 9.17) is 0 Å². The molecule has 20 heavy (non-hydrogen) atoms. The van der Waals surface area contributed by atoms with Gasteiger partial charge in [0.05, 0.1) is 7.11 Å². The Morgan fingerprint density at radius 2 is 1.90 bits per heavy atom. The van der Waals surface area contributed by atoms with E-state index in [1.807, 2.05) is 0 Å². The lowest BCUT2D eigenvalue weighted by Crippen LogP contribution is -2.13. The summed E-state index contributed by atoms with van der Waals surface area (Å²) in [6.45, 7) is 2.30. The average Bonchev–Trinajstić information content (AvgIpc) is 2.89. The summed E-state index contributed by atoms with van der Waals surface area (Å²) in [5.74, 6) is 0.644. The number of nitrogens with zero attached hydrogens (tertiary/aromatic N) is 4. The molecular weight excluding hydrogens is 276 g/mol. The number of carbonyl (C=O) groups excluding carboxylic acids is 1. The standard InChI is InChI=1S/C13H24N4O2S/c1-3-4-5-6-7-8-9-10-20-13-14-15-16-17(13)11-12(18)19-2/h3-11H2,1-2H3. The number of thioether (sulfide) groups is 1. The topological polar surface area (TPSA) is 69.9 Å². The van der Waals surface area contributed by atoms with E-state index in [0.29, 0.717) is 5.16 Å². The van der Waals surface area contributed by atoms with Crippen molar-refractivity contribution in [1.29, 1.82) is 0 Å². The molecule has 1 rings (SSSR count). The molecule has 0 aromatic carbocycles. The van der Waals surface area contributed by atoms with Crippen LogP contribution in [-0.4, -0.2) is 39.0 Å².